The van der Waals surface area contributed by atoms with E-state index in [4.69, 9.17) is 4.52 Å². The van der Waals surface area contributed by atoms with Crippen LogP contribution in [0.15, 0.2) is 16.2 Å². The topological polar surface area (TPSA) is 63.8 Å². The summed E-state index contributed by atoms with van der Waals surface area (Å²) in [5.41, 5.74) is 1.76. The van der Waals surface area contributed by atoms with E-state index in [1.807, 2.05) is 0 Å². The molecule has 3 rings (SSSR count). The Morgan fingerprint density at radius 1 is 1.53 bits per heavy atom. The molecule has 1 aliphatic heterocycles. The number of nitrogens with zero attached hydrogens (tertiary/aromatic N) is 3. The van der Waals surface area contributed by atoms with Crippen molar-refractivity contribution in [3.8, 4) is 10.7 Å². The minimum absolute atomic E-state index is 0.235. The first kappa shape index (κ1) is 8.99. The zero-order valence-corrected chi connectivity index (χ0v) is 8.83. The predicted octanol–water partition coefficient (Wildman–Crippen LogP) is 1.62. The van der Waals surface area contributed by atoms with Crippen LogP contribution in [0.2, 0.25) is 0 Å². The monoisotopic (exact) mass is 222 g/mol. The zero-order valence-electron chi connectivity index (χ0n) is 8.01. The molecule has 3 heterocycles. The summed E-state index contributed by atoms with van der Waals surface area (Å²) >= 11 is 1.52. The molecule has 1 aliphatic rings. The number of aromatic nitrogens is 3. The fraction of sp³-hybridized carbons (Fsp3) is 0.444. The van der Waals surface area contributed by atoms with Crippen LogP contribution in [0.4, 0.5) is 0 Å². The second-order valence-electron chi connectivity index (χ2n) is 3.47. The van der Waals surface area contributed by atoms with Crippen molar-refractivity contribution in [3.63, 3.8) is 0 Å². The Hall–Kier alpha value is -1.27. The van der Waals surface area contributed by atoms with Crippen LogP contribution in [0.3, 0.4) is 0 Å². The van der Waals surface area contributed by atoms with Crippen LogP contribution in [-0.4, -0.2) is 21.7 Å². The van der Waals surface area contributed by atoms with E-state index in [0.717, 1.165) is 17.8 Å². The van der Waals surface area contributed by atoms with Crippen molar-refractivity contribution in [2.75, 3.05) is 6.54 Å². The van der Waals surface area contributed by atoms with Gasteiger partial charge >= 0.3 is 0 Å². The molecule has 6 heteroatoms. The Labute approximate surface area is 90.5 Å². The summed E-state index contributed by atoms with van der Waals surface area (Å²) in [7, 11) is 0. The van der Waals surface area contributed by atoms with Crippen LogP contribution in [0, 0.1) is 0 Å². The van der Waals surface area contributed by atoms with Crippen LogP contribution in [0.5, 0.6) is 0 Å². The molecule has 0 spiro atoms. The third-order valence-electron chi connectivity index (χ3n) is 2.45. The predicted molar refractivity (Wildman–Crippen MR) is 55.4 cm³/mol. The van der Waals surface area contributed by atoms with Crippen LogP contribution in [0.25, 0.3) is 10.7 Å². The van der Waals surface area contributed by atoms with Gasteiger partial charge in [0.05, 0.1) is 16.4 Å². The smallest absolute Gasteiger partial charge is 0.244 e. The number of thiazole rings is 1. The molecule has 5 nitrogen and oxygen atoms in total. The van der Waals surface area contributed by atoms with Crippen molar-refractivity contribution in [2.24, 2.45) is 0 Å². The maximum Gasteiger partial charge on any atom is 0.244 e. The first-order valence-corrected chi connectivity index (χ1v) is 5.77. The average Bonchev–Trinajstić information content (AvgIpc) is 3.02. The van der Waals surface area contributed by atoms with Gasteiger partial charge in [-0.25, -0.2) is 0 Å². The summed E-state index contributed by atoms with van der Waals surface area (Å²) in [6, 6.07) is 0.235. The molecule has 0 aromatic carbocycles. The quantitative estimate of drug-likeness (QED) is 0.836. The summed E-state index contributed by atoms with van der Waals surface area (Å²) < 4.78 is 5.23. The summed E-state index contributed by atoms with van der Waals surface area (Å²) in [6.07, 6.45) is 3.99. The SMILES string of the molecule is c1ncc(-c2noc([C@H]3CCCN3)n2)s1. The molecule has 2 aromatic rings. The van der Waals surface area contributed by atoms with Crippen LogP contribution in [-0.2, 0) is 0 Å². The minimum Gasteiger partial charge on any atom is -0.337 e. The average molecular weight is 222 g/mol. The first-order chi connectivity index (χ1) is 7.43. The Morgan fingerprint density at radius 3 is 3.27 bits per heavy atom. The number of hydrogen-bond donors (Lipinski definition) is 1. The molecule has 0 radical (unpaired) electrons. The lowest BCUT2D eigenvalue weighted by Gasteiger charge is -2.00. The van der Waals surface area contributed by atoms with E-state index in [1.165, 1.54) is 17.8 Å². The van der Waals surface area contributed by atoms with Gasteiger partial charge in [-0.05, 0) is 19.4 Å². The van der Waals surface area contributed by atoms with E-state index >= 15 is 0 Å². The molecule has 0 saturated carbocycles. The third kappa shape index (κ3) is 1.66. The molecule has 0 amide bonds. The Balaban J connectivity index is 1.87. The van der Waals surface area contributed by atoms with Gasteiger partial charge < -0.3 is 9.84 Å². The van der Waals surface area contributed by atoms with Gasteiger partial charge in [0.15, 0.2) is 0 Å². The van der Waals surface area contributed by atoms with E-state index in [0.29, 0.717) is 11.7 Å². The molecule has 0 bridgehead atoms. The van der Waals surface area contributed by atoms with Gasteiger partial charge in [0.2, 0.25) is 11.7 Å². The van der Waals surface area contributed by atoms with E-state index < -0.39 is 0 Å². The maximum absolute atomic E-state index is 5.23. The highest BCUT2D eigenvalue weighted by molar-refractivity contribution is 7.13. The second-order valence-corrected chi connectivity index (χ2v) is 4.36. The lowest BCUT2D eigenvalue weighted by atomic mass is 10.2. The van der Waals surface area contributed by atoms with E-state index in [2.05, 4.69) is 20.4 Å². The van der Waals surface area contributed by atoms with E-state index in [-0.39, 0.29) is 6.04 Å². The standard InChI is InChI=1S/C9H10N4OS/c1-2-6(11-3-1)9-12-8(13-14-9)7-4-10-5-15-7/h4-6,11H,1-3H2/t6-/m1/s1. The van der Waals surface area contributed by atoms with E-state index in [1.54, 1.807) is 11.7 Å². The molecular formula is C9H10N4OS. The molecule has 0 aliphatic carbocycles. The summed E-state index contributed by atoms with van der Waals surface area (Å²) in [4.78, 5) is 9.30. The summed E-state index contributed by atoms with van der Waals surface area (Å²) in [5, 5.41) is 7.27. The van der Waals surface area contributed by atoms with E-state index in [9.17, 15) is 0 Å². The van der Waals surface area contributed by atoms with Crippen molar-refractivity contribution < 1.29 is 4.52 Å². The van der Waals surface area contributed by atoms with Gasteiger partial charge in [0.25, 0.3) is 0 Å². The minimum atomic E-state index is 0.235. The maximum atomic E-state index is 5.23. The summed E-state index contributed by atoms with van der Waals surface area (Å²) in [5.74, 6) is 1.33. The highest BCUT2D eigenvalue weighted by Crippen LogP contribution is 2.25. The van der Waals surface area contributed by atoms with Crippen molar-refractivity contribution >= 4 is 11.3 Å². The second kappa shape index (κ2) is 3.71. The fourth-order valence-corrected chi connectivity index (χ4v) is 2.24. The lowest BCUT2D eigenvalue weighted by molar-refractivity contribution is 0.345. The molecule has 1 saturated heterocycles. The largest absolute Gasteiger partial charge is 0.337 e. The van der Waals surface area contributed by atoms with Gasteiger partial charge in [0, 0.05) is 6.20 Å². The molecule has 0 unspecified atom stereocenters. The van der Waals surface area contributed by atoms with Crippen molar-refractivity contribution in [3.05, 3.63) is 17.6 Å². The molecular weight excluding hydrogens is 212 g/mol. The molecule has 1 fully saturated rings. The van der Waals surface area contributed by atoms with Crippen LogP contribution < -0.4 is 5.32 Å². The molecule has 78 valence electrons. The molecule has 1 N–H and O–H groups in total. The van der Waals surface area contributed by atoms with Crippen LogP contribution >= 0.6 is 11.3 Å². The number of hydrogen-bond acceptors (Lipinski definition) is 6. The van der Waals surface area contributed by atoms with Gasteiger partial charge in [0.1, 0.15) is 0 Å². The first-order valence-electron chi connectivity index (χ1n) is 4.89. The zero-order chi connectivity index (χ0) is 10.1. The Kier molecular flexibility index (Phi) is 2.22. The molecule has 2 aromatic heterocycles. The highest BCUT2D eigenvalue weighted by Gasteiger charge is 2.22. The Morgan fingerprint density at radius 2 is 2.53 bits per heavy atom. The number of nitrogens with one attached hydrogen (secondary N) is 1. The fourth-order valence-electron chi connectivity index (χ4n) is 1.70. The third-order valence-corrected chi connectivity index (χ3v) is 3.22. The number of rotatable bonds is 2. The van der Waals surface area contributed by atoms with Gasteiger partial charge in [-0.15, -0.1) is 11.3 Å². The van der Waals surface area contributed by atoms with Gasteiger partial charge in [-0.1, -0.05) is 5.16 Å². The molecule has 15 heavy (non-hydrogen) atoms. The van der Waals surface area contributed by atoms with Gasteiger partial charge in [-0.2, -0.15) is 4.98 Å². The van der Waals surface area contributed by atoms with Crippen molar-refractivity contribution in [1.29, 1.82) is 0 Å². The van der Waals surface area contributed by atoms with Crippen molar-refractivity contribution in [1.82, 2.24) is 20.4 Å². The van der Waals surface area contributed by atoms with Crippen LogP contribution in [0.1, 0.15) is 24.8 Å². The van der Waals surface area contributed by atoms with Gasteiger partial charge in [-0.3, -0.25) is 4.98 Å². The highest BCUT2D eigenvalue weighted by atomic mass is 32.1. The normalized spacial score (nSPS) is 20.9. The Bertz CT molecular complexity index is 433. The molecule has 1 atom stereocenters. The lowest BCUT2D eigenvalue weighted by Crippen LogP contribution is -2.12. The summed E-state index contributed by atoms with van der Waals surface area (Å²) in [6.45, 7) is 1.03. The van der Waals surface area contributed by atoms with Crippen molar-refractivity contribution in [2.45, 2.75) is 18.9 Å².